The van der Waals surface area contributed by atoms with Gasteiger partial charge in [0.1, 0.15) is 0 Å². The third-order valence-corrected chi connectivity index (χ3v) is 6.72. The maximum Gasteiger partial charge on any atom is 0.444 e. The smallest absolute Gasteiger partial charge is 0.345 e. The van der Waals surface area contributed by atoms with Gasteiger partial charge in [0.15, 0.2) is 0 Å². The van der Waals surface area contributed by atoms with Crippen molar-refractivity contribution in [3.8, 4) is 0 Å². The Kier molecular flexibility index (Phi) is 3.02. The SMILES string of the molecule is O=S(=O)(O)C(O)(S(=O)(=O)O)S(=O)(=O)O. The standard InChI is InChI=1S/CH4O10S3/c2-1(12(3,4)5,13(6,7)8)14(9,10)11/h2H,(H,3,4,5)(H,6,7,8)(H,9,10,11). The van der Waals surface area contributed by atoms with E-state index in [9.17, 15) is 25.3 Å². The molecule has 0 rings (SSSR count). The molecule has 0 radical (unpaired) electrons. The molecule has 86 valence electrons. The second-order valence-corrected chi connectivity index (χ2v) is 7.35. The van der Waals surface area contributed by atoms with E-state index in [1.807, 2.05) is 0 Å². The second-order valence-electron chi connectivity index (χ2n) is 1.95. The summed E-state index contributed by atoms with van der Waals surface area (Å²) in [6.07, 6.45) is 0. The maximum atomic E-state index is 10.2. The van der Waals surface area contributed by atoms with Gasteiger partial charge in [-0.15, -0.1) is 0 Å². The molecule has 0 heterocycles. The third-order valence-electron chi connectivity index (χ3n) is 0.978. The van der Waals surface area contributed by atoms with Crippen LogP contribution < -0.4 is 0 Å². The van der Waals surface area contributed by atoms with Crippen molar-refractivity contribution in [2.45, 2.75) is 3.60 Å². The monoisotopic (exact) mass is 272 g/mol. The highest BCUT2D eigenvalue weighted by Gasteiger charge is 2.64. The molecule has 0 aliphatic rings. The van der Waals surface area contributed by atoms with Gasteiger partial charge in [0.2, 0.25) is 0 Å². The number of rotatable bonds is 3. The summed E-state index contributed by atoms with van der Waals surface area (Å²) in [5.74, 6) is 0. The quantitative estimate of drug-likeness (QED) is 0.393. The molecule has 0 aromatic rings. The summed E-state index contributed by atoms with van der Waals surface area (Å²) in [4.78, 5) is 0. The van der Waals surface area contributed by atoms with Crippen molar-refractivity contribution in [1.82, 2.24) is 0 Å². The zero-order valence-corrected chi connectivity index (χ0v) is 8.41. The van der Waals surface area contributed by atoms with E-state index < -0.39 is 34.0 Å². The third kappa shape index (κ3) is 1.88. The molecule has 0 aromatic heterocycles. The van der Waals surface area contributed by atoms with Gasteiger partial charge in [0.05, 0.1) is 0 Å². The Balaban J connectivity index is 6.41. The van der Waals surface area contributed by atoms with Crippen molar-refractivity contribution in [3.05, 3.63) is 0 Å². The van der Waals surface area contributed by atoms with Gasteiger partial charge in [-0.1, -0.05) is 0 Å². The molecule has 13 heteroatoms. The van der Waals surface area contributed by atoms with Crippen LogP contribution in [0.1, 0.15) is 0 Å². The molecule has 0 unspecified atom stereocenters. The highest BCUT2D eigenvalue weighted by Crippen LogP contribution is 2.25. The summed E-state index contributed by atoms with van der Waals surface area (Å²) in [6.45, 7) is 0. The average Bonchev–Trinajstić information content (AvgIpc) is 1.77. The molecule has 0 fully saturated rings. The largest absolute Gasteiger partial charge is 0.444 e. The first kappa shape index (κ1) is 13.7. The van der Waals surface area contributed by atoms with Crippen molar-refractivity contribution < 1.29 is 44.0 Å². The van der Waals surface area contributed by atoms with Crippen LogP contribution >= 0.6 is 0 Å². The van der Waals surface area contributed by atoms with E-state index in [1.54, 1.807) is 0 Å². The van der Waals surface area contributed by atoms with E-state index in [0.717, 1.165) is 0 Å². The average molecular weight is 272 g/mol. The first-order valence-electron chi connectivity index (χ1n) is 2.38. The molecule has 0 amide bonds. The molecular formula is CH4O10S3. The fourth-order valence-electron chi connectivity index (χ4n) is 0.399. The molecule has 0 aliphatic carbocycles. The summed E-state index contributed by atoms with van der Waals surface area (Å²) < 4.78 is 80.1. The van der Waals surface area contributed by atoms with Crippen LogP contribution in [-0.2, 0) is 30.4 Å². The van der Waals surface area contributed by atoms with Crippen LogP contribution in [-0.4, -0.2) is 47.6 Å². The molecular weight excluding hydrogens is 268 g/mol. The summed E-state index contributed by atoms with van der Waals surface area (Å²) in [6, 6.07) is 0. The molecule has 0 bridgehead atoms. The van der Waals surface area contributed by atoms with Gasteiger partial charge < -0.3 is 5.11 Å². The first-order valence-corrected chi connectivity index (χ1v) is 6.70. The van der Waals surface area contributed by atoms with Crippen LogP contribution in [0.25, 0.3) is 0 Å². The predicted octanol–water partition coefficient (Wildman–Crippen LogP) is -2.75. The van der Waals surface area contributed by atoms with Gasteiger partial charge in [0, 0.05) is 0 Å². The molecule has 0 atom stereocenters. The summed E-state index contributed by atoms with van der Waals surface area (Å²) in [5, 5.41) is 8.51. The first-order chi connectivity index (χ1) is 5.75. The van der Waals surface area contributed by atoms with Crippen molar-refractivity contribution in [3.63, 3.8) is 0 Å². The Hall–Kier alpha value is -0.310. The lowest BCUT2D eigenvalue weighted by molar-refractivity contribution is 0.229. The molecule has 0 aliphatic heterocycles. The lowest BCUT2D eigenvalue weighted by Crippen LogP contribution is -2.52. The zero-order valence-electron chi connectivity index (χ0n) is 5.96. The highest BCUT2D eigenvalue weighted by molar-refractivity contribution is 8.20. The van der Waals surface area contributed by atoms with Gasteiger partial charge in [-0.3, -0.25) is 13.7 Å². The molecule has 0 spiro atoms. The van der Waals surface area contributed by atoms with Crippen molar-refractivity contribution in [2.75, 3.05) is 0 Å². The second kappa shape index (κ2) is 3.09. The minimum atomic E-state index is -6.20. The molecule has 0 saturated heterocycles. The topological polar surface area (TPSA) is 183 Å². The van der Waals surface area contributed by atoms with Crippen LogP contribution in [0, 0.1) is 0 Å². The van der Waals surface area contributed by atoms with Crippen LogP contribution in [0.2, 0.25) is 0 Å². The van der Waals surface area contributed by atoms with Crippen LogP contribution in [0.4, 0.5) is 0 Å². The van der Waals surface area contributed by atoms with Crippen molar-refractivity contribution >= 4 is 30.4 Å². The van der Waals surface area contributed by atoms with Crippen molar-refractivity contribution in [1.29, 1.82) is 0 Å². The minimum Gasteiger partial charge on any atom is -0.345 e. The van der Waals surface area contributed by atoms with E-state index in [1.165, 1.54) is 0 Å². The van der Waals surface area contributed by atoms with Crippen LogP contribution in [0.15, 0.2) is 0 Å². The number of hydrogen-bond donors (Lipinski definition) is 4. The zero-order chi connectivity index (χ0) is 12.0. The Morgan fingerprint density at radius 3 is 0.786 bits per heavy atom. The highest BCUT2D eigenvalue weighted by atomic mass is 32.3. The Morgan fingerprint density at radius 1 is 0.643 bits per heavy atom. The maximum absolute atomic E-state index is 10.2. The van der Waals surface area contributed by atoms with Crippen molar-refractivity contribution in [2.24, 2.45) is 0 Å². The fourth-order valence-corrected chi connectivity index (χ4v) is 3.59. The molecule has 10 nitrogen and oxygen atoms in total. The van der Waals surface area contributed by atoms with E-state index in [-0.39, 0.29) is 0 Å². The number of hydrogen-bond acceptors (Lipinski definition) is 7. The van der Waals surface area contributed by atoms with Gasteiger partial charge in [-0.2, -0.15) is 25.3 Å². The van der Waals surface area contributed by atoms with Gasteiger partial charge in [0.25, 0.3) is 0 Å². The Bertz CT molecular complexity index is 435. The van der Waals surface area contributed by atoms with Crippen LogP contribution in [0.3, 0.4) is 0 Å². The van der Waals surface area contributed by atoms with Gasteiger partial charge >= 0.3 is 34.0 Å². The minimum absolute atomic E-state index is 5.10. The van der Waals surface area contributed by atoms with Gasteiger partial charge in [-0.25, -0.2) is 0 Å². The molecule has 0 saturated carbocycles. The molecule has 14 heavy (non-hydrogen) atoms. The fraction of sp³-hybridized carbons (Fsp3) is 1.00. The van der Waals surface area contributed by atoms with Gasteiger partial charge in [-0.05, 0) is 0 Å². The normalized spacial score (nSPS) is 15.4. The van der Waals surface area contributed by atoms with E-state index >= 15 is 0 Å². The Morgan fingerprint density at radius 2 is 0.786 bits per heavy atom. The lowest BCUT2D eigenvalue weighted by Gasteiger charge is -2.16. The molecule has 0 aromatic carbocycles. The summed E-state index contributed by atoms with van der Waals surface area (Å²) >= 11 is 0. The number of aliphatic hydroxyl groups is 1. The van der Waals surface area contributed by atoms with Crippen LogP contribution in [0.5, 0.6) is 0 Å². The Labute approximate surface area is 78.4 Å². The van der Waals surface area contributed by atoms with E-state index in [0.29, 0.717) is 0 Å². The lowest BCUT2D eigenvalue weighted by atomic mass is 11.6. The molecule has 4 N–H and O–H groups in total. The summed E-state index contributed by atoms with van der Waals surface area (Å²) in [7, 11) is -18.6. The van der Waals surface area contributed by atoms with E-state index in [2.05, 4.69) is 0 Å². The summed E-state index contributed by atoms with van der Waals surface area (Å²) in [5.41, 5.74) is 0. The van der Waals surface area contributed by atoms with E-state index in [4.69, 9.17) is 18.8 Å². The predicted molar refractivity (Wildman–Crippen MR) is 39.6 cm³/mol.